The maximum atomic E-state index is 14.3. The lowest BCUT2D eigenvalue weighted by molar-refractivity contribution is 0.0975. The Balaban J connectivity index is 2.03. The van der Waals surface area contributed by atoms with E-state index in [-0.39, 0.29) is 23.5 Å². The highest BCUT2D eigenvalue weighted by atomic mass is 19.1. The molecule has 0 saturated carbocycles. The van der Waals surface area contributed by atoms with E-state index in [0.29, 0.717) is 24.8 Å². The number of hydrogen-bond acceptors (Lipinski definition) is 4. The SMILES string of the molecule is CCCn1nc(C(=O)N(Cc2ccco2)c2ccc(F)cc2F)ccc1=O. The molecule has 2 aromatic heterocycles. The minimum absolute atomic E-state index is 0.0293. The molecular weight excluding hydrogens is 356 g/mol. The Hall–Kier alpha value is -3.29. The minimum atomic E-state index is -0.892. The molecule has 0 aliphatic carbocycles. The van der Waals surface area contributed by atoms with E-state index in [1.54, 1.807) is 12.1 Å². The van der Waals surface area contributed by atoms with Crippen molar-refractivity contribution < 1.29 is 18.0 Å². The third-order valence-electron chi connectivity index (χ3n) is 3.86. The number of halogens is 2. The average Bonchev–Trinajstić information content (AvgIpc) is 3.15. The van der Waals surface area contributed by atoms with E-state index in [2.05, 4.69) is 5.10 Å². The number of benzene rings is 1. The van der Waals surface area contributed by atoms with E-state index >= 15 is 0 Å². The first-order valence-electron chi connectivity index (χ1n) is 8.37. The highest BCUT2D eigenvalue weighted by molar-refractivity contribution is 6.04. The van der Waals surface area contributed by atoms with Gasteiger partial charge in [0, 0.05) is 18.7 Å². The van der Waals surface area contributed by atoms with Crippen LogP contribution < -0.4 is 10.5 Å². The molecule has 0 unspecified atom stereocenters. The van der Waals surface area contributed by atoms with Gasteiger partial charge in [-0.3, -0.25) is 14.5 Å². The van der Waals surface area contributed by atoms with Crippen LogP contribution in [0.4, 0.5) is 14.5 Å². The van der Waals surface area contributed by atoms with Gasteiger partial charge in [0.2, 0.25) is 0 Å². The Bertz CT molecular complexity index is 1000. The topological polar surface area (TPSA) is 68.3 Å². The van der Waals surface area contributed by atoms with E-state index in [0.717, 1.165) is 11.0 Å². The van der Waals surface area contributed by atoms with Crippen molar-refractivity contribution in [2.45, 2.75) is 26.4 Å². The lowest BCUT2D eigenvalue weighted by Gasteiger charge is -2.22. The van der Waals surface area contributed by atoms with Crippen LogP contribution in [-0.4, -0.2) is 15.7 Å². The summed E-state index contributed by atoms with van der Waals surface area (Å²) in [5, 5.41) is 4.07. The molecular formula is C19H17F2N3O3. The van der Waals surface area contributed by atoms with Crippen molar-refractivity contribution in [3.8, 4) is 0 Å². The van der Waals surface area contributed by atoms with E-state index in [9.17, 15) is 18.4 Å². The van der Waals surface area contributed by atoms with Crippen molar-refractivity contribution in [1.82, 2.24) is 9.78 Å². The summed E-state index contributed by atoms with van der Waals surface area (Å²) in [5.41, 5.74) is -0.481. The molecule has 0 fully saturated rings. The second-order valence-corrected chi connectivity index (χ2v) is 5.85. The Kier molecular flexibility index (Phi) is 5.44. The first-order valence-corrected chi connectivity index (χ1v) is 8.37. The predicted molar refractivity (Wildman–Crippen MR) is 94.4 cm³/mol. The van der Waals surface area contributed by atoms with Gasteiger partial charge in [0.15, 0.2) is 0 Å². The number of anilines is 1. The van der Waals surface area contributed by atoms with Crippen LogP contribution in [0.1, 0.15) is 29.6 Å². The number of hydrogen-bond donors (Lipinski definition) is 0. The summed E-state index contributed by atoms with van der Waals surface area (Å²) in [6, 6.07) is 8.73. The van der Waals surface area contributed by atoms with E-state index < -0.39 is 17.5 Å². The fraction of sp³-hybridized carbons (Fsp3) is 0.211. The zero-order valence-electron chi connectivity index (χ0n) is 14.6. The minimum Gasteiger partial charge on any atom is -0.467 e. The summed E-state index contributed by atoms with van der Waals surface area (Å²) in [6.07, 6.45) is 2.09. The van der Waals surface area contributed by atoms with Gasteiger partial charge in [-0.1, -0.05) is 6.92 Å². The Morgan fingerprint density at radius 2 is 2.04 bits per heavy atom. The third-order valence-corrected chi connectivity index (χ3v) is 3.86. The second kappa shape index (κ2) is 7.94. The van der Waals surface area contributed by atoms with E-state index in [1.807, 2.05) is 6.92 Å². The van der Waals surface area contributed by atoms with Crippen molar-refractivity contribution >= 4 is 11.6 Å². The number of rotatable bonds is 6. The molecule has 1 aromatic carbocycles. The molecule has 27 heavy (non-hydrogen) atoms. The van der Waals surface area contributed by atoms with Crippen molar-refractivity contribution in [3.63, 3.8) is 0 Å². The molecule has 0 aliphatic heterocycles. The van der Waals surface area contributed by atoms with Gasteiger partial charge in [0.1, 0.15) is 23.1 Å². The van der Waals surface area contributed by atoms with Gasteiger partial charge in [-0.15, -0.1) is 0 Å². The molecule has 0 radical (unpaired) electrons. The van der Waals surface area contributed by atoms with E-state index in [4.69, 9.17) is 4.42 Å². The van der Waals surface area contributed by atoms with Crippen LogP contribution in [0.5, 0.6) is 0 Å². The summed E-state index contributed by atoms with van der Waals surface area (Å²) in [6.45, 7) is 2.14. The molecule has 0 spiro atoms. The summed E-state index contributed by atoms with van der Waals surface area (Å²) in [7, 11) is 0. The van der Waals surface area contributed by atoms with Gasteiger partial charge in [0.25, 0.3) is 11.5 Å². The van der Waals surface area contributed by atoms with Crippen LogP contribution >= 0.6 is 0 Å². The van der Waals surface area contributed by atoms with Crippen molar-refractivity contribution in [3.05, 3.63) is 82.2 Å². The third kappa shape index (κ3) is 4.11. The predicted octanol–water partition coefficient (Wildman–Crippen LogP) is 3.37. The standard InChI is InChI=1S/C19H17F2N3O3/c1-2-9-24-18(25)8-6-16(22-24)19(26)23(12-14-4-3-10-27-14)17-7-5-13(20)11-15(17)21/h3-8,10-11H,2,9,12H2,1H3. The molecule has 140 valence electrons. The lowest BCUT2D eigenvalue weighted by Crippen LogP contribution is -2.34. The molecule has 3 aromatic rings. The van der Waals surface area contributed by atoms with Crippen LogP contribution in [0.25, 0.3) is 0 Å². The van der Waals surface area contributed by atoms with Crippen LogP contribution in [0.3, 0.4) is 0 Å². The molecule has 1 amide bonds. The molecule has 8 heteroatoms. The molecule has 0 bridgehead atoms. The Labute approximate surface area is 153 Å². The average molecular weight is 373 g/mol. The zero-order valence-corrected chi connectivity index (χ0v) is 14.6. The van der Waals surface area contributed by atoms with Crippen molar-refractivity contribution in [2.24, 2.45) is 0 Å². The number of carbonyl (C=O) groups excluding carboxylic acids is 1. The van der Waals surface area contributed by atoms with Gasteiger partial charge < -0.3 is 4.42 Å². The van der Waals surface area contributed by atoms with Crippen LogP contribution in [-0.2, 0) is 13.1 Å². The number of aryl methyl sites for hydroxylation is 1. The highest BCUT2D eigenvalue weighted by Gasteiger charge is 2.24. The Morgan fingerprint density at radius 1 is 1.22 bits per heavy atom. The van der Waals surface area contributed by atoms with Gasteiger partial charge in [0.05, 0.1) is 18.5 Å². The summed E-state index contributed by atoms with van der Waals surface area (Å²) < 4.78 is 34.0. The molecule has 0 atom stereocenters. The van der Waals surface area contributed by atoms with Gasteiger partial charge >= 0.3 is 0 Å². The molecule has 0 saturated heterocycles. The highest BCUT2D eigenvalue weighted by Crippen LogP contribution is 2.24. The maximum Gasteiger partial charge on any atom is 0.279 e. The fourth-order valence-electron chi connectivity index (χ4n) is 2.60. The van der Waals surface area contributed by atoms with Crippen molar-refractivity contribution in [1.29, 1.82) is 0 Å². The zero-order chi connectivity index (χ0) is 19.4. The number of carbonyl (C=O) groups is 1. The lowest BCUT2D eigenvalue weighted by atomic mass is 10.2. The molecule has 6 nitrogen and oxygen atoms in total. The largest absolute Gasteiger partial charge is 0.467 e. The monoisotopic (exact) mass is 373 g/mol. The van der Waals surface area contributed by atoms with Crippen LogP contribution in [0.2, 0.25) is 0 Å². The molecule has 2 heterocycles. The smallest absolute Gasteiger partial charge is 0.279 e. The number of aromatic nitrogens is 2. The summed E-state index contributed by atoms with van der Waals surface area (Å²) in [4.78, 5) is 25.9. The van der Waals surface area contributed by atoms with Crippen LogP contribution in [0.15, 0.2) is 57.9 Å². The first-order chi connectivity index (χ1) is 13.0. The number of nitrogens with zero attached hydrogens (tertiary/aromatic N) is 3. The summed E-state index contributed by atoms with van der Waals surface area (Å²) in [5.74, 6) is -1.87. The number of amides is 1. The normalized spacial score (nSPS) is 10.8. The van der Waals surface area contributed by atoms with Gasteiger partial charge in [-0.05, 0) is 36.8 Å². The second-order valence-electron chi connectivity index (χ2n) is 5.85. The fourth-order valence-corrected chi connectivity index (χ4v) is 2.60. The molecule has 3 rings (SSSR count). The van der Waals surface area contributed by atoms with E-state index in [1.165, 1.54) is 29.1 Å². The summed E-state index contributed by atoms with van der Waals surface area (Å²) >= 11 is 0. The number of furan rings is 1. The first kappa shape index (κ1) is 18.5. The van der Waals surface area contributed by atoms with Crippen LogP contribution in [0, 0.1) is 11.6 Å². The molecule has 0 aliphatic rings. The van der Waals surface area contributed by atoms with Gasteiger partial charge in [-0.2, -0.15) is 5.10 Å². The maximum absolute atomic E-state index is 14.3. The van der Waals surface area contributed by atoms with Gasteiger partial charge in [-0.25, -0.2) is 13.5 Å². The van der Waals surface area contributed by atoms with Crippen molar-refractivity contribution in [2.75, 3.05) is 4.90 Å². The Morgan fingerprint density at radius 3 is 2.70 bits per heavy atom. The quantitative estimate of drug-likeness (QED) is 0.664. The molecule has 0 N–H and O–H groups in total.